The molecule has 0 aliphatic rings. The number of fused-ring (bicyclic) bond motifs is 1. The van der Waals surface area contributed by atoms with Crippen LogP contribution in [0.25, 0.3) is 10.9 Å². The van der Waals surface area contributed by atoms with Crippen molar-refractivity contribution < 1.29 is 4.39 Å². The van der Waals surface area contributed by atoms with Gasteiger partial charge in [0.05, 0.1) is 11.2 Å². The Bertz CT molecular complexity index is 520. The molecule has 0 aromatic carbocycles. The summed E-state index contributed by atoms with van der Waals surface area (Å²) in [5.41, 5.74) is 5.43. The number of aromatic amines is 1. The van der Waals surface area contributed by atoms with Gasteiger partial charge in [-0.2, -0.15) is 4.39 Å². The summed E-state index contributed by atoms with van der Waals surface area (Å²) in [6.07, 6.45) is 1.32. The maximum absolute atomic E-state index is 12.6. The van der Waals surface area contributed by atoms with Crippen LogP contribution in [0.5, 0.6) is 0 Å². The predicted octanol–water partition coefficient (Wildman–Crippen LogP) is 0.644. The molecule has 0 atom stereocenters. The Morgan fingerprint density at radius 2 is 2.23 bits per heavy atom. The Morgan fingerprint density at radius 3 is 3.00 bits per heavy atom. The molecule has 4 nitrogen and oxygen atoms in total. The second kappa shape index (κ2) is 2.55. The summed E-state index contributed by atoms with van der Waals surface area (Å²) in [5.74, 6) is -0.632. The highest BCUT2D eigenvalue weighted by molar-refractivity contribution is 5.79. The second-order valence-corrected chi connectivity index (χ2v) is 2.65. The number of anilines is 1. The van der Waals surface area contributed by atoms with Gasteiger partial charge in [0, 0.05) is 17.6 Å². The Morgan fingerprint density at radius 1 is 1.46 bits per heavy atom. The molecule has 0 radical (unpaired) electrons. The average molecular weight is 179 g/mol. The van der Waals surface area contributed by atoms with Crippen molar-refractivity contribution in [3.63, 3.8) is 0 Å². The highest BCUT2D eigenvalue weighted by Gasteiger charge is 2.00. The van der Waals surface area contributed by atoms with Crippen molar-refractivity contribution in [2.75, 3.05) is 5.73 Å². The molecule has 0 unspecified atom stereocenters. The second-order valence-electron chi connectivity index (χ2n) is 2.65. The van der Waals surface area contributed by atoms with Crippen molar-refractivity contribution in [2.24, 2.45) is 0 Å². The molecule has 2 aromatic rings. The number of rotatable bonds is 0. The van der Waals surface area contributed by atoms with E-state index in [9.17, 15) is 9.18 Å². The highest BCUT2D eigenvalue weighted by atomic mass is 19.1. The molecule has 3 N–H and O–H groups in total. The lowest BCUT2D eigenvalue weighted by molar-refractivity contribution is 0.586. The van der Waals surface area contributed by atoms with Gasteiger partial charge in [-0.3, -0.25) is 4.79 Å². The van der Waals surface area contributed by atoms with Crippen LogP contribution >= 0.6 is 0 Å². The summed E-state index contributed by atoms with van der Waals surface area (Å²) in [5, 5.41) is 0.610. The topological polar surface area (TPSA) is 71.8 Å². The third kappa shape index (κ3) is 1.24. The molecule has 2 heterocycles. The lowest BCUT2D eigenvalue weighted by Gasteiger charge is -1.97. The first kappa shape index (κ1) is 7.72. The first-order valence-electron chi connectivity index (χ1n) is 3.61. The van der Waals surface area contributed by atoms with Crippen LogP contribution < -0.4 is 11.3 Å². The van der Waals surface area contributed by atoms with Gasteiger partial charge in [-0.1, -0.05) is 0 Å². The van der Waals surface area contributed by atoms with Crippen molar-refractivity contribution in [3.8, 4) is 0 Å². The van der Waals surface area contributed by atoms with Crippen molar-refractivity contribution in [1.82, 2.24) is 9.97 Å². The van der Waals surface area contributed by atoms with Crippen LogP contribution in [0.4, 0.5) is 10.1 Å². The van der Waals surface area contributed by atoms with Crippen LogP contribution in [0.2, 0.25) is 0 Å². The van der Waals surface area contributed by atoms with Gasteiger partial charge < -0.3 is 10.7 Å². The van der Waals surface area contributed by atoms with Gasteiger partial charge in [0.2, 0.25) is 5.95 Å². The smallest absolute Gasteiger partial charge is 0.271 e. The lowest BCUT2D eigenvalue weighted by atomic mass is 10.2. The average Bonchev–Trinajstić information content (AvgIpc) is 2.08. The first-order chi connectivity index (χ1) is 6.16. The van der Waals surface area contributed by atoms with Crippen molar-refractivity contribution in [1.29, 1.82) is 0 Å². The third-order valence-electron chi connectivity index (χ3n) is 1.72. The number of hydrogen-bond donors (Lipinski definition) is 2. The molecule has 0 saturated carbocycles. The van der Waals surface area contributed by atoms with Gasteiger partial charge >= 0.3 is 0 Å². The van der Waals surface area contributed by atoms with Gasteiger partial charge in [0.1, 0.15) is 0 Å². The van der Waals surface area contributed by atoms with E-state index in [-0.39, 0.29) is 5.69 Å². The van der Waals surface area contributed by atoms with Gasteiger partial charge in [0.25, 0.3) is 5.56 Å². The molecule has 0 amide bonds. The molecule has 0 aliphatic carbocycles. The van der Waals surface area contributed by atoms with Crippen molar-refractivity contribution >= 4 is 16.6 Å². The van der Waals surface area contributed by atoms with Gasteiger partial charge in [-0.05, 0) is 6.07 Å². The fraction of sp³-hybridized carbons (Fsp3) is 0. The normalized spacial score (nSPS) is 10.5. The van der Waals surface area contributed by atoms with E-state index >= 15 is 0 Å². The molecule has 13 heavy (non-hydrogen) atoms. The van der Waals surface area contributed by atoms with E-state index in [2.05, 4.69) is 9.97 Å². The zero-order valence-corrected chi connectivity index (χ0v) is 6.54. The van der Waals surface area contributed by atoms with Crippen LogP contribution in [0, 0.1) is 5.95 Å². The quantitative estimate of drug-likeness (QED) is 0.583. The van der Waals surface area contributed by atoms with E-state index in [1.165, 1.54) is 12.3 Å². The maximum atomic E-state index is 12.6. The molecular weight excluding hydrogens is 173 g/mol. The molecular formula is C8H6FN3O. The fourth-order valence-electron chi connectivity index (χ4n) is 1.09. The maximum Gasteiger partial charge on any atom is 0.271 e. The highest BCUT2D eigenvalue weighted by Crippen LogP contribution is 2.10. The van der Waals surface area contributed by atoms with Gasteiger partial charge in [0.15, 0.2) is 0 Å². The number of nitrogens with one attached hydrogen (secondary N) is 1. The summed E-state index contributed by atoms with van der Waals surface area (Å²) >= 11 is 0. The first-order valence-corrected chi connectivity index (χ1v) is 3.61. The summed E-state index contributed by atoms with van der Waals surface area (Å²) in [6, 6.07) is 2.61. The summed E-state index contributed by atoms with van der Waals surface area (Å²) < 4.78 is 12.6. The molecule has 5 heteroatoms. The number of halogens is 1. The van der Waals surface area contributed by atoms with Crippen molar-refractivity contribution in [2.45, 2.75) is 0 Å². The minimum Gasteiger partial charge on any atom is -0.394 e. The lowest BCUT2D eigenvalue weighted by Crippen LogP contribution is -2.11. The Labute approximate surface area is 72.2 Å². The summed E-state index contributed by atoms with van der Waals surface area (Å²) in [6.45, 7) is 0. The number of pyridine rings is 2. The van der Waals surface area contributed by atoms with E-state index in [1.807, 2.05) is 0 Å². The Hall–Kier alpha value is -1.91. The van der Waals surface area contributed by atoms with Crippen LogP contribution in [0.1, 0.15) is 0 Å². The number of nitrogens with zero attached hydrogens (tertiary/aromatic N) is 1. The van der Waals surface area contributed by atoms with Crippen LogP contribution in [-0.2, 0) is 0 Å². The molecule has 66 valence electrons. The molecule has 0 aliphatic heterocycles. The molecule has 0 spiro atoms. The molecule has 2 aromatic heterocycles. The van der Waals surface area contributed by atoms with Gasteiger partial charge in [-0.15, -0.1) is 0 Å². The monoisotopic (exact) mass is 179 g/mol. The Balaban J connectivity index is 2.89. The Kier molecular flexibility index (Phi) is 1.51. The number of nitrogen functional groups attached to an aromatic ring is 1. The van der Waals surface area contributed by atoms with E-state index in [0.717, 1.165) is 6.07 Å². The zero-order valence-electron chi connectivity index (χ0n) is 6.54. The molecule has 0 saturated heterocycles. The van der Waals surface area contributed by atoms with E-state index < -0.39 is 11.5 Å². The minimum absolute atomic E-state index is 0.0981. The minimum atomic E-state index is -0.632. The molecule has 0 bridgehead atoms. The number of H-pyrrole nitrogens is 1. The summed E-state index contributed by atoms with van der Waals surface area (Å²) in [4.78, 5) is 16.9. The summed E-state index contributed by atoms with van der Waals surface area (Å²) in [7, 11) is 0. The third-order valence-corrected chi connectivity index (χ3v) is 1.72. The van der Waals surface area contributed by atoms with Gasteiger partial charge in [-0.25, -0.2) is 4.98 Å². The van der Waals surface area contributed by atoms with Crippen LogP contribution in [-0.4, -0.2) is 9.97 Å². The number of nitrogens with two attached hydrogens (primary N) is 1. The molecule has 0 fully saturated rings. The number of aromatic nitrogens is 2. The van der Waals surface area contributed by atoms with Crippen LogP contribution in [0.3, 0.4) is 0 Å². The standard InChI is InChI=1S/C8H6FN3O/c9-7-2-6-4(3-11-7)1-5(10)8(13)12-6/h1-3H,10H2,(H,12,13). The predicted molar refractivity (Wildman–Crippen MR) is 46.7 cm³/mol. The number of hydrogen-bond acceptors (Lipinski definition) is 3. The van der Waals surface area contributed by atoms with Crippen LogP contribution in [0.15, 0.2) is 23.1 Å². The largest absolute Gasteiger partial charge is 0.394 e. The van der Waals surface area contributed by atoms with E-state index in [0.29, 0.717) is 10.9 Å². The fourth-order valence-corrected chi connectivity index (χ4v) is 1.09. The van der Waals surface area contributed by atoms with E-state index in [4.69, 9.17) is 5.73 Å². The van der Waals surface area contributed by atoms with Crippen molar-refractivity contribution in [3.05, 3.63) is 34.6 Å². The molecule has 2 rings (SSSR count). The van der Waals surface area contributed by atoms with E-state index in [1.54, 1.807) is 0 Å². The zero-order chi connectivity index (χ0) is 9.42. The SMILES string of the molecule is Nc1cc2cnc(F)cc2[nH]c1=O.